The molecule has 1 atom stereocenters. The smallest absolute Gasteiger partial charge is 0.264 e. The third-order valence-corrected chi connectivity index (χ3v) is 2.81. The van der Waals surface area contributed by atoms with Gasteiger partial charge in [0.2, 0.25) is 0 Å². The van der Waals surface area contributed by atoms with Gasteiger partial charge in [-0.2, -0.15) is 0 Å². The molecule has 0 saturated carbocycles. The van der Waals surface area contributed by atoms with Crippen LogP contribution in [0.3, 0.4) is 0 Å². The van der Waals surface area contributed by atoms with Gasteiger partial charge < -0.3 is 14.8 Å². The van der Waals surface area contributed by atoms with Gasteiger partial charge in [0, 0.05) is 6.54 Å². The molecule has 1 fully saturated rings. The normalized spacial score (nSPS) is 23.2. The van der Waals surface area contributed by atoms with Gasteiger partial charge in [0.15, 0.2) is 5.79 Å². The number of carbonyl (C=O) groups is 1. The number of rotatable bonds is 3. The second-order valence-electron chi connectivity index (χ2n) is 3.94. The molecule has 16 heavy (non-hydrogen) atoms. The molecule has 7 heteroatoms. The van der Waals surface area contributed by atoms with Crippen molar-refractivity contribution < 1.29 is 14.3 Å². The zero-order chi connectivity index (χ0) is 11.6. The second kappa shape index (κ2) is 4.44. The first-order chi connectivity index (χ1) is 7.57. The van der Waals surface area contributed by atoms with E-state index in [-0.39, 0.29) is 12.0 Å². The van der Waals surface area contributed by atoms with E-state index in [1.807, 2.05) is 13.8 Å². The Labute approximate surface area is 97.1 Å². The van der Waals surface area contributed by atoms with Gasteiger partial charge in [-0.05, 0) is 25.4 Å². The van der Waals surface area contributed by atoms with E-state index in [1.54, 1.807) is 0 Å². The summed E-state index contributed by atoms with van der Waals surface area (Å²) in [5.41, 5.74) is 0. The zero-order valence-electron chi connectivity index (χ0n) is 9.10. The number of aromatic nitrogens is 2. The zero-order valence-corrected chi connectivity index (χ0v) is 9.91. The average Bonchev–Trinajstić information content (AvgIpc) is 2.83. The molecule has 0 radical (unpaired) electrons. The van der Waals surface area contributed by atoms with E-state index in [1.165, 1.54) is 6.20 Å². The molecule has 1 aromatic rings. The van der Waals surface area contributed by atoms with Crippen LogP contribution in [-0.2, 0) is 9.47 Å². The summed E-state index contributed by atoms with van der Waals surface area (Å²) in [7, 11) is 0. The van der Waals surface area contributed by atoms with Crippen LogP contribution in [0.5, 0.6) is 0 Å². The lowest BCUT2D eigenvalue weighted by atomic mass is 10.3. The van der Waals surface area contributed by atoms with Crippen molar-refractivity contribution in [2.24, 2.45) is 0 Å². The van der Waals surface area contributed by atoms with Gasteiger partial charge >= 0.3 is 0 Å². The van der Waals surface area contributed by atoms with Crippen LogP contribution in [0.4, 0.5) is 0 Å². The van der Waals surface area contributed by atoms with Crippen molar-refractivity contribution >= 4 is 17.4 Å². The van der Waals surface area contributed by atoms with Crippen molar-refractivity contribution in [2.45, 2.75) is 25.7 Å². The summed E-state index contributed by atoms with van der Waals surface area (Å²) in [5, 5.41) is 6.35. The number of hydrogen-bond acceptors (Lipinski definition) is 6. The minimum Gasteiger partial charge on any atom is -0.349 e. The Morgan fingerprint density at radius 2 is 2.56 bits per heavy atom. The summed E-state index contributed by atoms with van der Waals surface area (Å²) in [6.45, 7) is 4.62. The van der Waals surface area contributed by atoms with Crippen molar-refractivity contribution in [2.75, 3.05) is 13.2 Å². The molecule has 1 aliphatic rings. The highest BCUT2D eigenvalue weighted by Gasteiger charge is 2.32. The maximum absolute atomic E-state index is 11.5. The molecule has 88 valence electrons. The molecule has 2 rings (SSSR count). The van der Waals surface area contributed by atoms with E-state index in [9.17, 15) is 4.79 Å². The molecule has 1 aromatic heterocycles. The summed E-state index contributed by atoms with van der Waals surface area (Å²) in [5.74, 6) is -0.732. The summed E-state index contributed by atoms with van der Waals surface area (Å²) < 4.78 is 14.6. The van der Waals surface area contributed by atoms with Crippen molar-refractivity contribution in [1.29, 1.82) is 0 Å². The van der Waals surface area contributed by atoms with Crippen molar-refractivity contribution in [3.63, 3.8) is 0 Å². The molecule has 1 unspecified atom stereocenters. The first-order valence-electron chi connectivity index (χ1n) is 4.94. The number of ether oxygens (including phenoxy) is 2. The van der Waals surface area contributed by atoms with Crippen molar-refractivity contribution in [1.82, 2.24) is 14.9 Å². The molecule has 6 nitrogen and oxygen atoms in total. The fraction of sp³-hybridized carbons (Fsp3) is 0.667. The molecule has 2 heterocycles. The Balaban J connectivity index is 1.79. The average molecular weight is 243 g/mol. The minimum atomic E-state index is -0.554. The van der Waals surface area contributed by atoms with Gasteiger partial charge in [0.05, 0.1) is 12.8 Å². The van der Waals surface area contributed by atoms with E-state index in [4.69, 9.17) is 9.47 Å². The minimum absolute atomic E-state index is 0.0974. The molecule has 1 N–H and O–H groups in total. The standard InChI is InChI=1S/C9H13N3O3S/c1-9(2)14-5-6(15-9)3-10-8(13)7-4-11-12-16-7/h4,6H,3,5H2,1-2H3,(H,10,13). The van der Waals surface area contributed by atoms with Gasteiger partial charge in [-0.1, -0.05) is 4.49 Å². The van der Waals surface area contributed by atoms with Crippen molar-refractivity contribution in [3.8, 4) is 0 Å². The Bertz CT molecular complexity index is 366. The molecule has 0 spiro atoms. The molecule has 0 bridgehead atoms. The third-order valence-electron chi connectivity index (χ3n) is 2.14. The SMILES string of the molecule is CC1(C)OCC(CNC(=O)c2cnns2)O1. The van der Waals surface area contributed by atoms with Crippen LogP contribution >= 0.6 is 11.5 Å². The second-order valence-corrected chi connectivity index (χ2v) is 4.73. The van der Waals surface area contributed by atoms with E-state index in [0.29, 0.717) is 18.0 Å². The van der Waals surface area contributed by atoms with Gasteiger partial charge in [-0.15, -0.1) is 5.10 Å². The predicted octanol–water partition coefficient (Wildman–Crippen LogP) is 0.419. The summed E-state index contributed by atoms with van der Waals surface area (Å²) in [4.78, 5) is 12.0. The van der Waals surface area contributed by atoms with Crippen LogP contribution in [0, 0.1) is 0 Å². The van der Waals surface area contributed by atoms with Crippen LogP contribution < -0.4 is 5.32 Å². The summed E-state index contributed by atoms with van der Waals surface area (Å²) in [6, 6.07) is 0. The van der Waals surface area contributed by atoms with E-state index < -0.39 is 5.79 Å². The molecule has 1 amide bonds. The van der Waals surface area contributed by atoms with E-state index in [2.05, 4.69) is 14.9 Å². The maximum atomic E-state index is 11.5. The molecule has 0 aromatic carbocycles. The first kappa shape index (κ1) is 11.4. The van der Waals surface area contributed by atoms with Gasteiger partial charge in [0.25, 0.3) is 5.91 Å². The topological polar surface area (TPSA) is 73.3 Å². The highest BCUT2D eigenvalue weighted by atomic mass is 32.1. The number of nitrogens with zero attached hydrogens (tertiary/aromatic N) is 2. The van der Waals surface area contributed by atoms with Crippen LogP contribution in [0.2, 0.25) is 0 Å². The monoisotopic (exact) mass is 243 g/mol. The summed E-state index contributed by atoms with van der Waals surface area (Å²) in [6.07, 6.45) is 1.34. The lowest BCUT2D eigenvalue weighted by molar-refractivity contribution is -0.137. The molecular formula is C9H13N3O3S. The van der Waals surface area contributed by atoms with Gasteiger partial charge in [0.1, 0.15) is 11.0 Å². The van der Waals surface area contributed by atoms with Crippen LogP contribution in [-0.4, -0.2) is 40.5 Å². The third kappa shape index (κ3) is 2.75. The largest absolute Gasteiger partial charge is 0.349 e. The number of hydrogen-bond donors (Lipinski definition) is 1. The van der Waals surface area contributed by atoms with E-state index >= 15 is 0 Å². The van der Waals surface area contributed by atoms with E-state index in [0.717, 1.165) is 11.5 Å². The Kier molecular flexibility index (Phi) is 3.17. The molecule has 1 saturated heterocycles. The Morgan fingerprint density at radius 3 is 3.12 bits per heavy atom. The Hall–Kier alpha value is -1.05. The van der Waals surface area contributed by atoms with Crippen molar-refractivity contribution in [3.05, 3.63) is 11.1 Å². The fourth-order valence-electron chi connectivity index (χ4n) is 1.42. The number of carbonyl (C=O) groups excluding carboxylic acids is 1. The van der Waals surface area contributed by atoms with Crippen LogP contribution in [0.25, 0.3) is 0 Å². The lowest BCUT2D eigenvalue weighted by Crippen LogP contribution is -2.34. The fourth-order valence-corrected chi connectivity index (χ4v) is 1.86. The molecule has 0 aliphatic carbocycles. The lowest BCUT2D eigenvalue weighted by Gasteiger charge is -2.17. The number of nitrogens with one attached hydrogen (secondary N) is 1. The Morgan fingerprint density at radius 1 is 1.75 bits per heavy atom. The number of amides is 1. The highest BCUT2D eigenvalue weighted by molar-refractivity contribution is 7.07. The van der Waals surface area contributed by atoms with Gasteiger partial charge in [-0.3, -0.25) is 4.79 Å². The van der Waals surface area contributed by atoms with Crippen LogP contribution in [0.1, 0.15) is 23.5 Å². The maximum Gasteiger partial charge on any atom is 0.264 e. The van der Waals surface area contributed by atoms with Crippen LogP contribution in [0.15, 0.2) is 6.20 Å². The summed E-state index contributed by atoms with van der Waals surface area (Å²) >= 11 is 1.07. The molecule has 1 aliphatic heterocycles. The predicted molar refractivity (Wildman–Crippen MR) is 57.1 cm³/mol. The molecular weight excluding hydrogens is 230 g/mol. The highest BCUT2D eigenvalue weighted by Crippen LogP contribution is 2.21. The quantitative estimate of drug-likeness (QED) is 0.832. The first-order valence-corrected chi connectivity index (χ1v) is 5.71. The van der Waals surface area contributed by atoms with Gasteiger partial charge in [-0.25, -0.2) is 0 Å².